The van der Waals surface area contributed by atoms with E-state index in [0.717, 1.165) is 36.3 Å². The van der Waals surface area contributed by atoms with Crippen molar-refractivity contribution in [3.05, 3.63) is 83.7 Å². The van der Waals surface area contributed by atoms with Gasteiger partial charge in [-0.3, -0.25) is 0 Å². The van der Waals surface area contributed by atoms with Crippen LogP contribution in [0.1, 0.15) is 88.1 Å². The number of carbonyl (C=O) groups is 1. The molecule has 0 saturated carbocycles. The Kier molecular flexibility index (Phi) is 11.7. The minimum atomic E-state index is -0.413. The van der Waals surface area contributed by atoms with Gasteiger partial charge in [0.15, 0.2) is 11.6 Å². The maximum absolute atomic E-state index is 14.6. The van der Waals surface area contributed by atoms with Crippen molar-refractivity contribution >= 4 is 5.97 Å². The Bertz CT molecular complexity index is 1090. The van der Waals surface area contributed by atoms with Gasteiger partial charge in [0.1, 0.15) is 5.75 Å². The van der Waals surface area contributed by atoms with Gasteiger partial charge in [-0.25, -0.2) is 9.18 Å². The fourth-order valence-corrected chi connectivity index (χ4v) is 4.22. The van der Waals surface area contributed by atoms with Crippen molar-refractivity contribution in [2.75, 3.05) is 6.61 Å². The van der Waals surface area contributed by atoms with Crippen LogP contribution >= 0.6 is 0 Å². The van der Waals surface area contributed by atoms with Crippen LogP contribution in [0.4, 0.5) is 4.39 Å². The number of rotatable bonds is 15. The molecule has 0 spiro atoms. The summed E-state index contributed by atoms with van der Waals surface area (Å²) in [5.41, 5.74) is 3.25. The van der Waals surface area contributed by atoms with Crippen LogP contribution in [0.3, 0.4) is 0 Å². The van der Waals surface area contributed by atoms with Gasteiger partial charge in [0, 0.05) is 0 Å². The molecule has 0 bridgehead atoms. The van der Waals surface area contributed by atoms with E-state index in [4.69, 9.17) is 9.47 Å². The van der Waals surface area contributed by atoms with Crippen molar-refractivity contribution in [3.8, 4) is 22.6 Å². The van der Waals surface area contributed by atoms with Gasteiger partial charge in [-0.15, -0.1) is 0 Å². The van der Waals surface area contributed by atoms with E-state index in [1.807, 2.05) is 30.3 Å². The summed E-state index contributed by atoms with van der Waals surface area (Å²) in [5, 5.41) is 0. The topological polar surface area (TPSA) is 35.5 Å². The highest BCUT2D eigenvalue weighted by Gasteiger charge is 2.11. The molecule has 0 aliphatic heterocycles. The fourth-order valence-electron chi connectivity index (χ4n) is 4.22. The standard InChI is InChI=1S/C33H41FO3/c1-4-6-8-12-26-13-20-30(21-14-26)37-33(35)28-17-15-27(16-18-28)29-19-22-32(31(34)24-29)36-23-10-7-9-11-25(3)5-2/h13-22,24-25H,4-12,23H2,1-3H3/t25-/m0/s1. The summed E-state index contributed by atoms with van der Waals surface area (Å²) in [4.78, 5) is 12.6. The molecule has 3 aromatic carbocycles. The smallest absolute Gasteiger partial charge is 0.343 e. The highest BCUT2D eigenvalue weighted by molar-refractivity contribution is 5.91. The summed E-state index contributed by atoms with van der Waals surface area (Å²) >= 11 is 0. The average molecular weight is 505 g/mol. The molecule has 0 saturated heterocycles. The number of unbranched alkanes of at least 4 members (excludes halogenated alkanes) is 4. The van der Waals surface area contributed by atoms with Crippen LogP contribution in [-0.4, -0.2) is 12.6 Å². The first-order chi connectivity index (χ1) is 18.0. The lowest BCUT2D eigenvalue weighted by atomic mass is 10.0. The van der Waals surface area contributed by atoms with E-state index in [-0.39, 0.29) is 11.6 Å². The highest BCUT2D eigenvalue weighted by Crippen LogP contribution is 2.27. The van der Waals surface area contributed by atoms with Gasteiger partial charge < -0.3 is 9.47 Å². The zero-order valence-corrected chi connectivity index (χ0v) is 22.6. The van der Waals surface area contributed by atoms with Gasteiger partial charge >= 0.3 is 5.97 Å². The predicted octanol–water partition coefficient (Wildman–Crippen LogP) is 9.43. The van der Waals surface area contributed by atoms with Crippen molar-refractivity contribution in [3.63, 3.8) is 0 Å². The Labute approximate surface area is 222 Å². The molecule has 0 N–H and O–H groups in total. The molecule has 0 aliphatic rings. The van der Waals surface area contributed by atoms with Crippen LogP contribution in [0.5, 0.6) is 11.5 Å². The van der Waals surface area contributed by atoms with Crippen LogP contribution in [-0.2, 0) is 6.42 Å². The molecule has 0 aromatic heterocycles. The third-order valence-corrected chi connectivity index (χ3v) is 6.88. The molecule has 3 rings (SSSR count). The molecular formula is C33H41FO3. The third-order valence-electron chi connectivity index (χ3n) is 6.88. The molecule has 37 heavy (non-hydrogen) atoms. The second-order valence-corrected chi connectivity index (χ2v) is 9.92. The van der Waals surface area contributed by atoms with Gasteiger partial charge in [0.05, 0.1) is 12.2 Å². The second-order valence-electron chi connectivity index (χ2n) is 9.92. The van der Waals surface area contributed by atoms with Gasteiger partial charge in [-0.2, -0.15) is 0 Å². The number of carbonyl (C=O) groups excluding carboxylic acids is 1. The molecule has 0 aliphatic carbocycles. The predicted molar refractivity (Wildman–Crippen MR) is 150 cm³/mol. The van der Waals surface area contributed by atoms with E-state index >= 15 is 0 Å². The molecule has 0 radical (unpaired) electrons. The maximum atomic E-state index is 14.6. The summed E-state index contributed by atoms with van der Waals surface area (Å²) in [6, 6.07) is 19.7. The van der Waals surface area contributed by atoms with Crippen molar-refractivity contribution in [2.24, 2.45) is 5.92 Å². The Morgan fingerprint density at radius 1 is 0.838 bits per heavy atom. The summed E-state index contributed by atoms with van der Waals surface area (Å²) in [6.45, 7) is 7.21. The second kappa shape index (κ2) is 15.2. The summed E-state index contributed by atoms with van der Waals surface area (Å²) in [6.07, 6.45) is 10.3. The first kappa shape index (κ1) is 28.4. The van der Waals surface area contributed by atoms with Crippen LogP contribution in [0.25, 0.3) is 11.1 Å². The van der Waals surface area contributed by atoms with Crippen molar-refractivity contribution in [1.82, 2.24) is 0 Å². The van der Waals surface area contributed by atoms with E-state index < -0.39 is 5.97 Å². The Morgan fingerprint density at radius 3 is 2.24 bits per heavy atom. The quantitative estimate of drug-likeness (QED) is 0.117. The monoisotopic (exact) mass is 504 g/mol. The molecule has 0 unspecified atom stereocenters. The molecule has 4 heteroatoms. The SMILES string of the molecule is CCCCCc1ccc(OC(=O)c2ccc(-c3ccc(OCCCCC[C@@H](C)CC)c(F)c3)cc2)cc1. The molecule has 0 fully saturated rings. The van der Waals surface area contributed by atoms with Crippen LogP contribution in [0, 0.1) is 11.7 Å². The number of aryl methyl sites for hydroxylation is 1. The van der Waals surface area contributed by atoms with E-state index in [0.29, 0.717) is 17.9 Å². The van der Waals surface area contributed by atoms with E-state index in [1.54, 1.807) is 30.3 Å². The number of hydrogen-bond donors (Lipinski definition) is 0. The number of esters is 1. The molecule has 0 heterocycles. The molecule has 198 valence electrons. The Balaban J connectivity index is 1.49. The molecular weight excluding hydrogens is 463 g/mol. The molecule has 3 nitrogen and oxygen atoms in total. The van der Waals surface area contributed by atoms with Crippen molar-refractivity contribution in [1.29, 1.82) is 0 Å². The zero-order valence-electron chi connectivity index (χ0n) is 22.6. The zero-order chi connectivity index (χ0) is 26.5. The fraction of sp³-hybridized carbons (Fsp3) is 0.424. The molecule has 3 aromatic rings. The lowest BCUT2D eigenvalue weighted by Crippen LogP contribution is -2.08. The van der Waals surface area contributed by atoms with Crippen LogP contribution < -0.4 is 9.47 Å². The summed E-state index contributed by atoms with van der Waals surface area (Å²) in [7, 11) is 0. The normalized spacial score (nSPS) is 11.8. The van der Waals surface area contributed by atoms with Crippen molar-refractivity contribution < 1.29 is 18.7 Å². The first-order valence-corrected chi connectivity index (χ1v) is 13.8. The van der Waals surface area contributed by atoms with Gasteiger partial charge in [0.25, 0.3) is 0 Å². The maximum Gasteiger partial charge on any atom is 0.343 e. The Morgan fingerprint density at radius 2 is 1.57 bits per heavy atom. The Hall–Kier alpha value is -3.14. The lowest BCUT2D eigenvalue weighted by molar-refractivity contribution is 0.0734. The van der Waals surface area contributed by atoms with Gasteiger partial charge in [-0.1, -0.05) is 89.6 Å². The van der Waals surface area contributed by atoms with E-state index in [1.165, 1.54) is 50.2 Å². The van der Waals surface area contributed by atoms with Gasteiger partial charge in [0.2, 0.25) is 0 Å². The summed E-state index contributed by atoms with van der Waals surface area (Å²) in [5.74, 6) is 0.787. The number of halogens is 1. The highest BCUT2D eigenvalue weighted by atomic mass is 19.1. The van der Waals surface area contributed by atoms with Crippen LogP contribution in [0.2, 0.25) is 0 Å². The molecule has 1 atom stereocenters. The summed E-state index contributed by atoms with van der Waals surface area (Å²) < 4.78 is 25.8. The van der Waals surface area contributed by atoms with E-state index in [2.05, 4.69) is 20.8 Å². The van der Waals surface area contributed by atoms with Crippen molar-refractivity contribution in [2.45, 2.75) is 78.6 Å². The number of ether oxygens (including phenoxy) is 2. The van der Waals surface area contributed by atoms with E-state index in [9.17, 15) is 9.18 Å². The molecule has 0 amide bonds. The minimum Gasteiger partial charge on any atom is -0.491 e. The average Bonchev–Trinajstić information content (AvgIpc) is 2.92. The number of hydrogen-bond acceptors (Lipinski definition) is 3. The first-order valence-electron chi connectivity index (χ1n) is 13.8. The lowest BCUT2D eigenvalue weighted by Gasteiger charge is -2.10. The minimum absolute atomic E-state index is 0.280. The number of benzene rings is 3. The van der Waals surface area contributed by atoms with Crippen LogP contribution in [0.15, 0.2) is 66.7 Å². The van der Waals surface area contributed by atoms with Gasteiger partial charge in [-0.05, 0) is 78.3 Å². The third kappa shape index (κ3) is 9.35. The largest absolute Gasteiger partial charge is 0.491 e.